The Kier molecular flexibility index (Phi) is 9.00. The van der Waals surface area contributed by atoms with Crippen molar-refractivity contribution < 1.29 is 18.0 Å². The maximum atomic E-state index is 13.7. The summed E-state index contributed by atoms with van der Waals surface area (Å²) < 4.78 is 42.8. The standard InChI is InChI=1S/C29H34F3N9O/c1-18-7-8-22(15-24(18)37-27-11-19(2)38-41(27)26-16-25(33-3)34-17-35-26)36-28(42)20-12-21(29(30,31)32)14-23(13-20)40(6)10-9-39(4)5/h7-8,11-17,37H,9-10H2,1-6H3,(H,36,42)(H,33,34,35). The second kappa shape index (κ2) is 12.5. The number of nitrogens with one attached hydrogen (secondary N) is 3. The normalized spacial score (nSPS) is 11.5. The Morgan fingerprint density at radius 2 is 1.74 bits per heavy atom. The number of aryl methyl sites for hydroxylation is 2. The number of carbonyl (C=O) groups excluding carboxylic acids is 1. The number of hydrogen-bond donors (Lipinski definition) is 3. The van der Waals surface area contributed by atoms with Crippen molar-refractivity contribution in [3.63, 3.8) is 0 Å². The van der Waals surface area contributed by atoms with Crippen LogP contribution in [0, 0.1) is 13.8 Å². The fourth-order valence-electron chi connectivity index (χ4n) is 4.14. The number of carbonyl (C=O) groups is 1. The summed E-state index contributed by atoms with van der Waals surface area (Å²) in [6.07, 6.45) is -3.17. The summed E-state index contributed by atoms with van der Waals surface area (Å²) in [6.45, 7) is 4.88. The zero-order chi connectivity index (χ0) is 30.6. The van der Waals surface area contributed by atoms with Gasteiger partial charge in [-0.15, -0.1) is 0 Å². The van der Waals surface area contributed by atoms with Gasteiger partial charge in [0.1, 0.15) is 18.0 Å². The SMILES string of the molecule is CNc1cc(-n2nc(C)cc2Nc2cc(NC(=O)c3cc(N(C)CCN(C)C)cc(C(F)(F)F)c3)ccc2C)ncn1. The number of amides is 1. The molecule has 2 aromatic carbocycles. The van der Waals surface area contributed by atoms with E-state index in [0.29, 0.717) is 47.6 Å². The summed E-state index contributed by atoms with van der Waals surface area (Å²) in [5.41, 5.74) is 2.03. The van der Waals surface area contributed by atoms with Crippen LogP contribution in [0.3, 0.4) is 0 Å². The highest BCUT2D eigenvalue weighted by Gasteiger charge is 2.32. The number of alkyl halides is 3. The highest BCUT2D eigenvalue weighted by atomic mass is 19.4. The number of aromatic nitrogens is 4. The van der Waals surface area contributed by atoms with Gasteiger partial charge in [0, 0.05) is 61.9 Å². The zero-order valence-corrected chi connectivity index (χ0v) is 24.3. The summed E-state index contributed by atoms with van der Waals surface area (Å²) in [5.74, 6) is 1.15. The van der Waals surface area contributed by atoms with Crippen LogP contribution in [0.4, 0.5) is 41.9 Å². The van der Waals surface area contributed by atoms with E-state index in [2.05, 4.69) is 31.0 Å². The van der Waals surface area contributed by atoms with Crippen LogP contribution in [0.1, 0.15) is 27.2 Å². The first kappa shape index (κ1) is 30.3. The lowest BCUT2D eigenvalue weighted by Gasteiger charge is -2.23. The van der Waals surface area contributed by atoms with E-state index in [4.69, 9.17) is 0 Å². The van der Waals surface area contributed by atoms with Gasteiger partial charge in [0.15, 0.2) is 5.82 Å². The number of hydrogen-bond acceptors (Lipinski definition) is 8. The van der Waals surface area contributed by atoms with Gasteiger partial charge in [-0.25, -0.2) is 9.97 Å². The highest BCUT2D eigenvalue weighted by molar-refractivity contribution is 6.05. The van der Waals surface area contributed by atoms with E-state index in [9.17, 15) is 18.0 Å². The molecule has 42 heavy (non-hydrogen) atoms. The summed E-state index contributed by atoms with van der Waals surface area (Å²) >= 11 is 0. The van der Waals surface area contributed by atoms with Gasteiger partial charge in [0.05, 0.1) is 11.3 Å². The lowest BCUT2D eigenvalue weighted by molar-refractivity contribution is -0.137. The van der Waals surface area contributed by atoms with Crippen LogP contribution in [-0.2, 0) is 6.18 Å². The predicted molar refractivity (Wildman–Crippen MR) is 159 cm³/mol. The minimum Gasteiger partial charge on any atom is -0.373 e. The molecule has 0 saturated carbocycles. The van der Waals surface area contributed by atoms with E-state index < -0.39 is 17.6 Å². The molecule has 13 heteroatoms. The van der Waals surface area contributed by atoms with Crippen LogP contribution in [0.2, 0.25) is 0 Å². The molecule has 10 nitrogen and oxygen atoms in total. The summed E-state index contributed by atoms with van der Waals surface area (Å²) in [5, 5.41) is 13.6. The second-order valence-electron chi connectivity index (χ2n) is 10.2. The number of anilines is 5. The van der Waals surface area contributed by atoms with E-state index in [1.165, 1.54) is 12.4 Å². The maximum Gasteiger partial charge on any atom is 0.416 e. The van der Waals surface area contributed by atoms with Crippen LogP contribution in [-0.4, -0.2) is 71.8 Å². The Morgan fingerprint density at radius 3 is 2.43 bits per heavy atom. The van der Waals surface area contributed by atoms with Gasteiger partial charge < -0.3 is 25.8 Å². The topological polar surface area (TPSA) is 103 Å². The third kappa shape index (κ3) is 7.35. The first-order valence-corrected chi connectivity index (χ1v) is 13.2. The Hall–Kier alpha value is -4.65. The number of likely N-dealkylation sites (N-methyl/N-ethyl adjacent to an activating group) is 2. The molecule has 4 rings (SSSR count). The quantitative estimate of drug-likeness (QED) is 0.231. The second-order valence-corrected chi connectivity index (χ2v) is 10.2. The number of rotatable bonds is 10. The maximum absolute atomic E-state index is 13.7. The molecule has 0 aliphatic carbocycles. The average molecular weight is 582 g/mol. The van der Waals surface area contributed by atoms with Crippen LogP contribution in [0.5, 0.6) is 0 Å². The molecule has 2 heterocycles. The van der Waals surface area contributed by atoms with E-state index in [-0.39, 0.29) is 5.56 Å². The highest BCUT2D eigenvalue weighted by Crippen LogP contribution is 2.33. The molecular weight excluding hydrogens is 547 g/mol. The largest absolute Gasteiger partial charge is 0.416 e. The molecule has 0 unspecified atom stereocenters. The molecule has 1 amide bonds. The van der Waals surface area contributed by atoms with Crippen LogP contribution in [0.25, 0.3) is 5.82 Å². The van der Waals surface area contributed by atoms with Crippen molar-refractivity contribution in [2.45, 2.75) is 20.0 Å². The third-order valence-corrected chi connectivity index (χ3v) is 6.55. The Balaban J connectivity index is 1.60. The molecule has 0 aliphatic rings. The Labute approximate surface area is 242 Å². The van der Waals surface area contributed by atoms with Crippen molar-refractivity contribution in [3.05, 3.63) is 77.2 Å². The molecule has 2 aromatic heterocycles. The van der Waals surface area contributed by atoms with Crippen molar-refractivity contribution in [2.24, 2.45) is 0 Å². The van der Waals surface area contributed by atoms with Gasteiger partial charge >= 0.3 is 6.18 Å². The van der Waals surface area contributed by atoms with Gasteiger partial charge in [0.2, 0.25) is 0 Å². The predicted octanol–water partition coefficient (Wildman–Crippen LogP) is 5.33. The van der Waals surface area contributed by atoms with Gasteiger partial charge in [0.25, 0.3) is 5.91 Å². The molecule has 3 N–H and O–H groups in total. The molecule has 0 fully saturated rings. The van der Waals surface area contributed by atoms with Crippen LogP contribution < -0.4 is 20.9 Å². The number of nitrogens with zero attached hydrogens (tertiary/aromatic N) is 6. The summed E-state index contributed by atoms with van der Waals surface area (Å²) in [4.78, 5) is 25.3. The number of halogens is 3. The minimum atomic E-state index is -4.60. The van der Waals surface area contributed by atoms with E-state index >= 15 is 0 Å². The van der Waals surface area contributed by atoms with Crippen molar-refractivity contribution >= 4 is 34.6 Å². The van der Waals surface area contributed by atoms with Crippen molar-refractivity contribution in [1.82, 2.24) is 24.6 Å². The van der Waals surface area contributed by atoms with Crippen molar-refractivity contribution in [1.29, 1.82) is 0 Å². The monoisotopic (exact) mass is 581 g/mol. The average Bonchev–Trinajstić information content (AvgIpc) is 3.32. The molecule has 0 atom stereocenters. The van der Waals surface area contributed by atoms with Crippen molar-refractivity contribution in [2.75, 3.05) is 62.1 Å². The molecule has 4 aromatic rings. The fourth-order valence-corrected chi connectivity index (χ4v) is 4.14. The zero-order valence-electron chi connectivity index (χ0n) is 24.3. The molecule has 0 saturated heterocycles. The fraction of sp³-hybridized carbons (Fsp3) is 0.310. The van der Waals surface area contributed by atoms with E-state index in [0.717, 1.165) is 23.4 Å². The Morgan fingerprint density at radius 1 is 0.976 bits per heavy atom. The van der Waals surface area contributed by atoms with Gasteiger partial charge in [-0.3, -0.25) is 4.79 Å². The lowest BCUT2D eigenvalue weighted by atomic mass is 10.1. The molecular formula is C29H34F3N9O. The molecule has 0 bridgehead atoms. The van der Waals surface area contributed by atoms with Gasteiger partial charge in [-0.05, 0) is 63.8 Å². The van der Waals surface area contributed by atoms with Crippen molar-refractivity contribution in [3.8, 4) is 5.82 Å². The van der Waals surface area contributed by atoms with E-state index in [1.54, 1.807) is 41.9 Å². The Bertz CT molecular complexity index is 1570. The lowest BCUT2D eigenvalue weighted by Crippen LogP contribution is -2.29. The molecule has 0 aliphatic heterocycles. The first-order chi connectivity index (χ1) is 19.8. The first-order valence-electron chi connectivity index (χ1n) is 13.2. The summed E-state index contributed by atoms with van der Waals surface area (Å²) in [6, 6.07) is 12.2. The number of benzene rings is 2. The molecule has 222 valence electrons. The van der Waals surface area contributed by atoms with Gasteiger partial charge in [-0.1, -0.05) is 6.07 Å². The van der Waals surface area contributed by atoms with Crippen LogP contribution >= 0.6 is 0 Å². The van der Waals surface area contributed by atoms with Crippen LogP contribution in [0.15, 0.2) is 54.9 Å². The minimum absolute atomic E-state index is 0.0931. The molecule has 0 spiro atoms. The van der Waals surface area contributed by atoms with Gasteiger partial charge in [-0.2, -0.15) is 23.0 Å². The third-order valence-electron chi connectivity index (χ3n) is 6.55. The van der Waals surface area contributed by atoms with E-state index in [1.807, 2.05) is 45.0 Å². The smallest absolute Gasteiger partial charge is 0.373 e. The summed E-state index contributed by atoms with van der Waals surface area (Å²) in [7, 11) is 7.22. The molecule has 0 radical (unpaired) electrons.